The molecule has 1 heterocycles. The molecule has 11 heavy (non-hydrogen) atoms. The van der Waals surface area contributed by atoms with Gasteiger partial charge in [0.15, 0.2) is 0 Å². The van der Waals surface area contributed by atoms with E-state index in [-0.39, 0.29) is 6.10 Å². The standard InChI is InChI=1S/C8H12O3/c1-6(10-2)8(9)7-4-3-5-11-7/h3-6,8-9H,1-2H3. The molecule has 1 aromatic rings. The van der Waals surface area contributed by atoms with Crippen molar-refractivity contribution in [1.82, 2.24) is 0 Å². The summed E-state index contributed by atoms with van der Waals surface area (Å²) in [6, 6.07) is 3.46. The first kappa shape index (κ1) is 8.30. The van der Waals surface area contributed by atoms with E-state index < -0.39 is 6.10 Å². The smallest absolute Gasteiger partial charge is 0.137 e. The maximum atomic E-state index is 9.46. The van der Waals surface area contributed by atoms with Crippen LogP contribution in [-0.2, 0) is 4.74 Å². The molecule has 2 unspecified atom stereocenters. The van der Waals surface area contributed by atoms with Crippen LogP contribution in [-0.4, -0.2) is 18.3 Å². The number of ether oxygens (including phenoxy) is 1. The first-order chi connectivity index (χ1) is 5.25. The molecule has 0 radical (unpaired) electrons. The third-order valence-electron chi connectivity index (χ3n) is 1.65. The summed E-state index contributed by atoms with van der Waals surface area (Å²) in [6.45, 7) is 1.78. The lowest BCUT2D eigenvalue weighted by Crippen LogP contribution is -2.15. The second-order valence-corrected chi connectivity index (χ2v) is 2.40. The van der Waals surface area contributed by atoms with Crippen LogP contribution < -0.4 is 0 Å². The minimum absolute atomic E-state index is 0.235. The van der Waals surface area contributed by atoms with Gasteiger partial charge < -0.3 is 14.3 Å². The molecular weight excluding hydrogens is 144 g/mol. The van der Waals surface area contributed by atoms with Gasteiger partial charge in [0.25, 0.3) is 0 Å². The van der Waals surface area contributed by atoms with Crippen LogP contribution >= 0.6 is 0 Å². The van der Waals surface area contributed by atoms with E-state index in [1.807, 2.05) is 0 Å². The Hall–Kier alpha value is -0.800. The summed E-state index contributed by atoms with van der Waals surface area (Å²) in [5.74, 6) is 0.541. The SMILES string of the molecule is COC(C)C(O)c1ccco1. The van der Waals surface area contributed by atoms with Gasteiger partial charge in [0.1, 0.15) is 11.9 Å². The summed E-state index contributed by atoms with van der Waals surface area (Å²) < 4.78 is 9.91. The molecule has 0 aliphatic carbocycles. The Bertz CT molecular complexity index is 193. The molecule has 2 atom stereocenters. The van der Waals surface area contributed by atoms with E-state index in [0.717, 1.165) is 0 Å². The summed E-state index contributed by atoms with van der Waals surface area (Å²) in [5.41, 5.74) is 0. The van der Waals surface area contributed by atoms with Gasteiger partial charge in [-0.1, -0.05) is 0 Å². The summed E-state index contributed by atoms with van der Waals surface area (Å²) in [4.78, 5) is 0. The van der Waals surface area contributed by atoms with Gasteiger partial charge in [0, 0.05) is 7.11 Å². The first-order valence-corrected chi connectivity index (χ1v) is 3.50. The molecule has 0 saturated carbocycles. The molecule has 0 spiro atoms. The van der Waals surface area contributed by atoms with Crippen LogP contribution in [0.5, 0.6) is 0 Å². The van der Waals surface area contributed by atoms with E-state index in [2.05, 4.69) is 0 Å². The van der Waals surface area contributed by atoms with Crippen molar-refractivity contribution in [2.45, 2.75) is 19.1 Å². The zero-order chi connectivity index (χ0) is 8.27. The van der Waals surface area contributed by atoms with Crippen LogP contribution in [0, 0.1) is 0 Å². The maximum absolute atomic E-state index is 9.46. The lowest BCUT2D eigenvalue weighted by atomic mass is 10.2. The van der Waals surface area contributed by atoms with Gasteiger partial charge in [0.2, 0.25) is 0 Å². The fourth-order valence-corrected chi connectivity index (χ4v) is 0.820. The van der Waals surface area contributed by atoms with E-state index in [9.17, 15) is 5.11 Å². The second-order valence-electron chi connectivity index (χ2n) is 2.40. The topological polar surface area (TPSA) is 42.6 Å². The Kier molecular flexibility index (Phi) is 2.68. The molecular formula is C8H12O3. The molecule has 1 aromatic heterocycles. The highest BCUT2D eigenvalue weighted by molar-refractivity contribution is 5.03. The van der Waals surface area contributed by atoms with Gasteiger partial charge in [0.05, 0.1) is 12.4 Å². The number of aliphatic hydroxyl groups excluding tert-OH is 1. The van der Waals surface area contributed by atoms with Crippen molar-refractivity contribution in [1.29, 1.82) is 0 Å². The third-order valence-corrected chi connectivity index (χ3v) is 1.65. The third kappa shape index (κ3) is 1.82. The molecule has 0 aliphatic heterocycles. The molecule has 62 valence electrons. The molecule has 1 rings (SSSR count). The number of rotatable bonds is 3. The van der Waals surface area contributed by atoms with Crippen molar-refractivity contribution < 1.29 is 14.3 Å². The lowest BCUT2D eigenvalue weighted by molar-refractivity contribution is -0.0121. The summed E-state index contributed by atoms with van der Waals surface area (Å²) in [5, 5.41) is 9.46. The first-order valence-electron chi connectivity index (χ1n) is 3.50. The number of aliphatic hydroxyl groups is 1. The number of furan rings is 1. The minimum Gasteiger partial charge on any atom is -0.466 e. The fraction of sp³-hybridized carbons (Fsp3) is 0.500. The van der Waals surface area contributed by atoms with Crippen molar-refractivity contribution in [3.8, 4) is 0 Å². The van der Waals surface area contributed by atoms with Gasteiger partial charge >= 0.3 is 0 Å². The average molecular weight is 156 g/mol. The molecule has 0 saturated heterocycles. The van der Waals surface area contributed by atoms with Crippen LogP contribution in [0.1, 0.15) is 18.8 Å². The van der Waals surface area contributed by atoms with Gasteiger partial charge in [-0.25, -0.2) is 0 Å². The highest BCUT2D eigenvalue weighted by atomic mass is 16.5. The number of hydrogen-bond donors (Lipinski definition) is 1. The molecule has 0 aromatic carbocycles. The van der Waals surface area contributed by atoms with Crippen molar-refractivity contribution >= 4 is 0 Å². The van der Waals surface area contributed by atoms with Crippen molar-refractivity contribution in [3.05, 3.63) is 24.2 Å². The lowest BCUT2D eigenvalue weighted by Gasteiger charge is -2.14. The minimum atomic E-state index is -0.671. The highest BCUT2D eigenvalue weighted by Gasteiger charge is 2.17. The molecule has 3 heteroatoms. The molecule has 0 amide bonds. The van der Waals surface area contributed by atoms with Crippen molar-refractivity contribution in [2.24, 2.45) is 0 Å². The Morgan fingerprint density at radius 2 is 2.36 bits per heavy atom. The highest BCUT2D eigenvalue weighted by Crippen LogP contribution is 2.18. The predicted molar refractivity (Wildman–Crippen MR) is 40.1 cm³/mol. The van der Waals surface area contributed by atoms with Crippen LogP contribution in [0.15, 0.2) is 22.8 Å². The van der Waals surface area contributed by atoms with Crippen LogP contribution in [0.3, 0.4) is 0 Å². The normalized spacial score (nSPS) is 16.3. The van der Waals surface area contributed by atoms with E-state index in [1.54, 1.807) is 26.2 Å². The molecule has 0 fully saturated rings. The van der Waals surface area contributed by atoms with Crippen molar-refractivity contribution in [2.75, 3.05) is 7.11 Å². The largest absolute Gasteiger partial charge is 0.466 e. The van der Waals surface area contributed by atoms with E-state index in [4.69, 9.17) is 9.15 Å². The Balaban J connectivity index is 2.62. The van der Waals surface area contributed by atoms with Crippen LogP contribution in [0.25, 0.3) is 0 Å². The van der Waals surface area contributed by atoms with Crippen LogP contribution in [0.4, 0.5) is 0 Å². The number of hydrogen-bond acceptors (Lipinski definition) is 3. The van der Waals surface area contributed by atoms with E-state index >= 15 is 0 Å². The predicted octanol–water partition coefficient (Wildman–Crippen LogP) is 1.35. The quantitative estimate of drug-likeness (QED) is 0.718. The Morgan fingerprint density at radius 3 is 2.82 bits per heavy atom. The van der Waals surface area contributed by atoms with E-state index in [1.165, 1.54) is 6.26 Å². The maximum Gasteiger partial charge on any atom is 0.137 e. The second kappa shape index (κ2) is 3.55. The van der Waals surface area contributed by atoms with Gasteiger partial charge in [-0.15, -0.1) is 0 Å². The Labute approximate surface area is 65.6 Å². The van der Waals surface area contributed by atoms with Gasteiger partial charge in [-0.3, -0.25) is 0 Å². The van der Waals surface area contributed by atoms with E-state index in [0.29, 0.717) is 5.76 Å². The van der Waals surface area contributed by atoms with Gasteiger partial charge in [-0.05, 0) is 19.1 Å². The summed E-state index contributed by atoms with van der Waals surface area (Å²) in [6.07, 6.45) is 0.622. The molecule has 0 bridgehead atoms. The molecule has 3 nitrogen and oxygen atoms in total. The monoisotopic (exact) mass is 156 g/mol. The Morgan fingerprint density at radius 1 is 1.64 bits per heavy atom. The summed E-state index contributed by atoms with van der Waals surface area (Å²) >= 11 is 0. The zero-order valence-electron chi connectivity index (χ0n) is 6.65. The number of methoxy groups -OCH3 is 1. The van der Waals surface area contributed by atoms with Gasteiger partial charge in [-0.2, -0.15) is 0 Å². The molecule has 1 N–H and O–H groups in total. The average Bonchev–Trinajstić information content (AvgIpc) is 2.53. The van der Waals surface area contributed by atoms with Crippen LogP contribution in [0.2, 0.25) is 0 Å². The fourth-order valence-electron chi connectivity index (χ4n) is 0.820. The van der Waals surface area contributed by atoms with Crippen molar-refractivity contribution in [3.63, 3.8) is 0 Å². The summed E-state index contributed by atoms with van der Waals surface area (Å²) in [7, 11) is 1.55. The molecule has 0 aliphatic rings. The zero-order valence-corrected chi connectivity index (χ0v) is 6.65.